The minimum Gasteiger partial charge on any atom is -0.337 e. The third-order valence-corrected chi connectivity index (χ3v) is 6.90. The number of hydrogen-bond acceptors (Lipinski definition) is 6. The Morgan fingerprint density at radius 2 is 2.24 bits per heavy atom. The Bertz CT molecular complexity index is 680. The molecule has 0 aromatic carbocycles. The molecule has 114 valence electrons. The van der Waals surface area contributed by atoms with E-state index in [0.717, 1.165) is 17.0 Å². The Labute approximate surface area is 130 Å². The van der Waals surface area contributed by atoms with Gasteiger partial charge < -0.3 is 4.90 Å². The molecule has 0 N–H and O–H groups in total. The maximum Gasteiger partial charge on any atom is 0.171 e. The molecule has 1 aliphatic heterocycles. The molecular formula is C14H19N3O2S2. The molecule has 7 heteroatoms. The summed E-state index contributed by atoms with van der Waals surface area (Å²) in [6.45, 7) is 5.98. The number of sulfone groups is 1. The fraction of sp³-hybridized carbons (Fsp3) is 0.571. The highest BCUT2D eigenvalue weighted by Crippen LogP contribution is 2.30. The van der Waals surface area contributed by atoms with Crippen molar-refractivity contribution in [3.8, 4) is 6.07 Å². The summed E-state index contributed by atoms with van der Waals surface area (Å²) < 4.78 is 24.7. The van der Waals surface area contributed by atoms with Gasteiger partial charge >= 0.3 is 0 Å². The number of hydrogen-bond donors (Lipinski definition) is 0. The summed E-state index contributed by atoms with van der Waals surface area (Å²) in [6.07, 6.45) is 0. The van der Waals surface area contributed by atoms with Gasteiger partial charge in [-0.25, -0.2) is 13.4 Å². The van der Waals surface area contributed by atoms with E-state index in [1.807, 2.05) is 19.9 Å². The van der Waals surface area contributed by atoms with Crippen molar-refractivity contribution in [2.24, 2.45) is 0 Å². The normalized spacial score (nSPS) is 19.3. The average Bonchev–Trinajstić information content (AvgIpc) is 2.46. The Kier molecular flexibility index (Phi) is 4.79. The van der Waals surface area contributed by atoms with Crippen molar-refractivity contribution in [2.45, 2.75) is 26.1 Å². The van der Waals surface area contributed by atoms with E-state index in [4.69, 9.17) is 0 Å². The van der Waals surface area contributed by atoms with Gasteiger partial charge in [0.1, 0.15) is 17.3 Å². The van der Waals surface area contributed by atoms with Gasteiger partial charge in [-0.05, 0) is 25.5 Å². The quantitative estimate of drug-likeness (QED) is 0.845. The van der Waals surface area contributed by atoms with Gasteiger partial charge in [0.15, 0.2) is 9.84 Å². The molecular weight excluding hydrogens is 306 g/mol. The lowest BCUT2D eigenvalue weighted by molar-refractivity contribution is 0.578. The minimum atomic E-state index is -3.21. The highest BCUT2D eigenvalue weighted by atomic mass is 32.2. The lowest BCUT2D eigenvalue weighted by Crippen LogP contribution is -2.48. The van der Waals surface area contributed by atoms with Crippen molar-refractivity contribution in [3.05, 3.63) is 22.9 Å². The molecule has 1 atom stereocenters. The standard InChI is InChI=1S/C14H19N3O2S2/c1-4-21(18,19)13-9-20-6-5-17(13)14-12(8-15)10(2)7-11(3)16-14/h7,13H,4-6,9H2,1-3H3. The number of rotatable bonds is 3. The number of pyridine rings is 1. The van der Waals surface area contributed by atoms with Crippen molar-refractivity contribution < 1.29 is 8.42 Å². The second-order valence-electron chi connectivity index (χ2n) is 5.07. The van der Waals surface area contributed by atoms with Gasteiger partial charge in [0, 0.05) is 29.5 Å². The topological polar surface area (TPSA) is 74.1 Å². The molecule has 1 unspecified atom stereocenters. The highest BCUT2D eigenvalue weighted by molar-refractivity contribution is 8.01. The molecule has 1 aromatic rings. The smallest absolute Gasteiger partial charge is 0.171 e. The molecule has 0 saturated carbocycles. The predicted octanol–water partition coefficient (Wildman–Crippen LogP) is 1.88. The van der Waals surface area contributed by atoms with Crippen LogP contribution in [0.15, 0.2) is 6.07 Å². The van der Waals surface area contributed by atoms with E-state index in [2.05, 4.69) is 11.1 Å². The Morgan fingerprint density at radius 3 is 2.86 bits per heavy atom. The van der Waals surface area contributed by atoms with Crippen molar-refractivity contribution in [2.75, 3.05) is 28.7 Å². The Morgan fingerprint density at radius 1 is 1.52 bits per heavy atom. The number of nitrogens with zero attached hydrogens (tertiary/aromatic N) is 3. The second kappa shape index (κ2) is 6.24. The number of aromatic nitrogens is 1. The zero-order valence-electron chi connectivity index (χ0n) is 12.5. The Hall–Kier alpha value is -1.26. The molecule has 21 heavy (non-hydrogen) atoms. The van der Waals surface area contributed by atoms with E-state index in [0.29, 0.717) is 23.7 Å². The first-order chi connectivity index (χ1) is 9.90. The fourth-order valence-corrected chi connectivity index (χ4v) is 5.45. The molecule has 0 amide bonds. The summed E-state index contributed by atoms with van der Waals surface area (Å²) in [6, 6.07) is 4.02. The molecule has 2 rings (SSSR count). The molecule has 0 bridgehead atoms. The van der Waals surface area contributed by atoms with Crippen LogP contribution in [-0.4, -0.2) is 42.6 Å². The first-order valence-corrected chi connectivity index (χ1v) is 9.72. The SMILES string of the molecule is CCS(=O)(=O)C1CSCCN1c1nc(C)cc(C)c1C#N. The summed E-state index contributed by atoms with van der Waals surface area (Å²) in [5.41, 5.74) is 2.11. The van der Waals surface area contributed by atoms with Gasteiger partial charge in [-0.2, -0.15) is 17.0 Å². The van der Waals surface area contributed by atoms with Crippen LogP contribution < -0.4 is 4.90 Å². The van der Waals surface area contributed by atoms with Gasteiger partial charge in [-0.15, -0.1) is 0 Å². The highest BCUT2D eigenvalue weighted by Gasteiger charge is 2.35. The van der Waals surface area contributed by atoms with Crippen molar-refractivity contribution in [1.82, 2.24) is 4.98 Å². The third-order valence-electron chi connectivity index (χ3n) is 3.61. The van der Waals surface area contributed by atoms with Crippen molar-refractivity contribution in [3.63, 3.8) is 0 Å². The molecule has 1 aromatic heterocycles. The first-order valence-electron chi connectivity index (χ1n) is 6.85. The molecule has 2 heterocycles. The molecule has 0 aliphatic carbocycles. The lowest BCUT2D eigenvalue weighted by atomic mass is 10.1. The molecule has 5 nitrogen and oxygen atoms in total. The predicted molar refractivity (Wildman–Crippen MR) is 86.3 cm³/mol. The van der Waals surface area contributed by atoms with E-state index >= 15 is 0 Å². The van der Waals surface area contributed by atoms with Crippen LogP contribution in [0.3, 0.4) is 0 Å². The maximum atomic E-state index is 12.3. The van der Waals surface area contributed by atoms with Crippen LogP contribution in [-0.2, 0) is 9.84 Å². The van der Waals surface area contributed by atoms with Crippen LogP contribution in [0.1, 0.15) is 23.7 Å². The van der Waals surface area contributed by atoms with Crippen LogP contribution in [0.25, 0.3) is 0 Å². The number of nitriles is 1. The molecule has 0 radical (unpaired) electrons. The number of anilines is 1. The summed E-state index contributed by atoms with van der Waals surface area (Å²) in [5, 5.41) is 8.80. The van der Waals surface area contributed by atoms with Gasteiger partial charge in [-0.3, -0.25) is 0 Å². The van der Waals surface area contributed by atoms with Gasteiger partial charge in [0.25, 0.3) is 0 Å². The first kappa shape index (κ1) is 16.1. The third kappa shape index (κ3) is 3.16. The van der Waals surface area contributed by atoms with Crippen molar-refractivity contribution >= 4 is 27.4 Å². The molecule has 1 aliphatic rings. The van der Waals surface area contributed by atoms with E-state index in [-0.39, 0.29) is 5.75 Å². The number of thioether (sulfide) groups is 1. The van der Waals surface area contributed by atoms with Crippen LogP contribution in [0.5, 0.6) is 0 Å². The zero-order valence-corrected chi connectivity index (χ0v) is 14.1. The largest absolute Gasteiger partial charge is 0.337 e. The zero-order chi connectivity index (χ0) is 15.6. The second-order valence-corrected chi connectivity index (χ2v) is 8.66. The molecule has 1 saturated heterocycles. The monoisotopic (exact) mass is 325 g/mol. The Balaban J connectivity index is 2.55. The van der Waals surface area contributed by atoms with E-state index < -0.39 is 15.2 Å². The summed E-state index contributed by atoms with van der Waals surface area (Å²) in [7, 11) is -3.21. The summed E-state index contributed by atoms with van der Waals surface area (Å²) in [4.78, 5) is 6.26. The lowest BCUT2D eigenvalue weighted by Gasteiger charge is -2.36. The van der Waals surface area contributed by atoms with E-state index in [1.54, 1.807) is 23.6 Å². The summed E-state index contributed by atoms with van der Waals surface area (Å²) in [5.74, 6) is 1.98. The average molecular weight is 325 g/mol. The van der Waals surface area contributed by atoms with E-state index in [9.17, 15) is 13.7 Å². The summed E-state index contributed by atoms with van der Waals surface area (Å²) >= 11 is 1.63. The van der Waals surface area contributed by atoms with Crippen LogP contribution in [0.2, 0.25) is 0 Å². The van der Waals surface area contributed by atoms with Gasteiger partial charge in [-0.1, -0.05) is 6.92 Å². The minimum absolute atomic E-state index is 0.0986. The fourth-order valence-electron chi connectivity index (χ4n) is 2.48. The maximum absolute atomic E-state index is 12.3. The van der Waals surface area contributed by atoms with Crippen molar-refractivity contribution in [1.29, 1.82) is 5.26 Å². The van der Waals surface area contributed by atoms with E-state index in [1.165, 1.54) is 0 Å². The molecule has 0 spiro atoms. The number of aryl methyl sites for hydroxylation is 2. The van der Waals surface area contributed by atoms with Crippen LogP contribution >= 0.6 is 11.8 Å². The van der Waals surface area contributed by atoms with Gasteiger partial charge in [0.05, 0.1) is 5.56 Å². The van der Waals surface area contributed by atoms with Gasteiger partial charge in [0.2, 0.25) is 0 Å². The van der Waals surface area contributed by atoms with Crippen LogP contribution in [0.4, 0.5) is 5.82 Å². The van der Waals surface area contributed by atoms with Crippen LogP contribution in [0, 0.1) is 25.2 Å². The molecule has 1 fully saturated rings.